The molecular weight excluding hydrogens is 440 g/mol. The quantitative estimate of drug-likeness (QED) is 0.638. The van der Waals surface area contributed by atoms with Gasteiger partial charge in [-0.15, -0.1) is 0 Å². The molecule has 0 N–H and O–H groups in total. The molecule has 5 rings (SSSR count). The fourth-order valence-electron chi connectivity index (χ4n) is 6.01. The zero-order chi connectivity index (χ0) is 23.4. The van der Waals surface area contributed by atoms with Crippen LogP contribution in [0.25, 0.3) is 11.4 Å². The maximum atomic E-state index is 13.3. The van der Waals surface area contributed by atoms with Gasteiger partial charge in [-0.1, -0.05) is 48.8 Å². The van der Waals surface area contributed by atoms with Crippen LogP contribution in [0.2, 0.25) is 0 Å². The minimum Gasteiger partial charge on any atom is -0.338 e. The lowest BCUT2D eigenvalue weighted by Crippen LogP contribution is -2.52. The predicted molar refractivity (Wildman–Crippen MR) is 124 cm³/mol. The number of ketones is 1. The van der Waals surface area contributed by atoms with Crippen LogP contribution in [0.4, 0.5) is 0 Å². The molecule has 9 heteroatoms. The SMILES string of the molecule is Cc1ccc(-c2noc(CN3CCN(S(=O)(=O)CC45CCC(CC4=O)C5(C)C)CC3)n2)cc1. The highest BCUT2D eigenvalue weighted by molar-refractivity contribution is 7.89. The normalized spacial score (nSPS) is 28.0. The van der Waals surface area contributed by atoms with Crippen molar-refractivity contribution >= 4 is 15.8 Å². The first-order valence-electron chi connectivity index (χ1n) is 11.7. The van der Waals surface area contributed by atoms with Crippen molar-refractivity contribution in [3.63, 3.8) is 0 Å². The molecule has 0 radical (unpaired) electrons. The smallest absolute Gasteiger partial charge is 0.241 e. The van der Waals surface area contributed by atoms with Gasteiger partial charge in [0.2, 0.25) is 21.7 Å². The Bertz CT molecular complexity index is 1150. The average molecular weight is 473 g/mol. The topological polar surface area (TPSA) is 96.6 Å². The highest BCUT2D eigenvalue weighted by Crippen LogP contribution is 2.64. The van der Waals surface area contributed by atoms with E-state index in [4.69, 9.17) is 4.52 Å². The van der Waals surface area contributed by atoms with Crippen molar-refractivity contribution in [2.45, 2.75) is 46.6 Å². The van der Waals surface area contributed by atoms with Crippen molar-refractivity contribution in [2.24, 2.45) is 16.7 Å². The van der Waals surface area contributed by atoms with Gasteiger partial charge in [0.25, 0.3) is 0 Å². The number of rotatable bonds is 6. The molecule has 0 spiro atoms. The summed E-state index contributed by atoms with van der Waals surface area (Å²) in [5.74, 6) is 1.49. The van der Waals surface area contributed by atoms with Crippen LogP contribution in [0.5, 0.6) is 0 Å². The Morgan fingerprint density at radius 2 is 1.82 bits per heavy atom. The highest BCUT2D eigenvalue weighted by atomic mass is 32.2. The molecule has 2 unspecified atom stereocenters. The van der Waals surface area contributed by atoms with E-state index in [0.29, 0.717) is 63.2 Å². The number of aryl methyl sites for hydroxylation is 1. The summed E-state index contributed by atoms with van der Waals surface area (Å²) >= 11 is 0. The Hall–Kier alpha value is -2.10. The first-order chi connectivity index (χ1) is 15.6. The third-order valence-electron chi connectivity index (χ3n) is 8.43. The standard InChI is InChI=1S/C24H32N4O4S/c1-17-4-6-18(7-5-17)22-25-21(32-26-22)15-27-10-12-28(13-11-27)33(30,31)16-24-9-8-19(14-20(24)29)23(24,2)3/h4-7,19H,8-16H2,1-3H3. The molecule has 2 saturated carbocycles. The van der Waals surface area contributed by atoms with E-state index in [9.17, 15) is 13.2 Å². The molecule has 3 aliphatic rings. The van der Waals surface area contributed by atoms with Gasteiger partial charge in [-0.05, 0) is 31.1 Å². The van der Waals surface area contributed by atoms with Crippen LogP contribution in [0.15, 0.2) is 28.8 Å². The summed E-state index contributed by atoms with van der Waals surface area (Å²) < 4.78 is 33.6. The summed E-state index contributed by atoms with van der Waals surface area (Å²) in [7, 11) is -3.51. The second-order valence-electron chi connectivity index (χ2n) is 10.5. The van der Waals surface area contributed by atoms with Crippen LogP contribution in [0, 0.1) is 23.7 Å². The number of fused-ring (bicyclic) bond motifs is 2. The monoisotopic (exact) mass is 472 g/mol. The van der Waals surface area contributed by atoms with Crippen molar-refractivity contribution in [2.75, 3.05) is 31.9 Å². The first kappa shape index (κ1) is 22.7. The molecule has 0 amide bonds. The van der Waals surface area contributed by atoms with E-state index < -0.39 is 15.4 Å². The lowest BCUT2D eigenvalue weighted by Gasteiger charge is -2.39. The van der Waals surface area contributed by atoms with Gasteiger partial charge in [0.05, 0.1) is 12.3 Å². The van der Waals surface area contributed by atoms with Gasteiger partial charge < -0.3 is 4.52 Å². The minimum absolute atomic E-state index is 0.0497. The summed E-state index contributed by atoms with van der Waals surface area (Å²) in [5.41, 5.74) is 1.11. The van der Waals surface area contributed by atoms with E-state index >= 15 is 0 Å². The summed E-state index contributed by atoms with van der Waals surface area (Å²) in [5, 5.41) is 4.08. The number of hydrogen-bond donors (Lipinski definition) is 0. The Kier molecular flexibility index (Phi) is 5.49. The van der Waals surface area contributed by atoms with Crippen LogP contribution in [0.1, 0.15) is 44.6 Å². The number of hydrogen-bond acceptors (Lipinski definition) is 7. The molecule has 2 aromatic rings. The van der Waals surface area contributed by atoms with Gasteiger partial charge in [0.15, 0.2) is 0 Å². The van der Waals surface area contributed by atoms with E-state index in [0.717, 1.165) is 12.0 Å². The van der Waals surface area contributed by atoms with Crippen molar-refractivity contribution in [3.8, 4) is 11.4 Å². The maximum Gasteiger partial charge on any atom is 0.241 e. The molecule has 33 heavy (non-hydrogen) atoms. The lowest BCUT2D eigenvalue weighted by atomic mass is 9.70. The Morgan fingerprint density at radius 3 is 2.42 bits per heavy atom. The number of piperazine rings is 1. The molecule has 2 bridgehead atoms. The zero-order valence-corrected chi connectivity index (χ0v) is 20.4. The second kappa shape index (κ2) is 7.99. The zero-order valence-electron chi connectivity index (χ0n) is 19.6. The van der Waals surface area contributed by atoms with Gasteiger partial charge in [0, 0.05) is 43.6 Å². The summed E-state index contributed by atoms with van der Waals surface area (Å²) in [6.45, 7) is 8.69. The molecule has 2 aliphatic carbocycles. The molecule has 3 fully saturated rings. The number of sulfonamides is 1. The number of benzene rings is 1. The van der Waals surface area contributed by atoms with Crippen molar-refractivity contribution in [1.82, 2.24) is 19.3 Å². The third kappa shape index (κ3) is 3.84. The number of carbonyl (C=O) groups excluding carboxylic acids is 1. The number of carbonyl (C=O) groups is 1. The molecule has 2 atom stereocenters. The Balaban J connectivity index is 1.20. The van der Waals surface area contributed by atoms with Crippen LogP contribution in [0.3, 0.4) is 0 Å². The fraction of sp³-hybridized carbons (Fsp3) is 0.625. The van der Waals surface area contributed by atoms with E-state index in [1.54, 1.807) is 4.31 Å². The van der Waals surface area contributed by atoms with Gasteiger partial charge in [-0.25, -0.2) is 8.42 Å². The molecule has 178 valence electrons. The average Bonchev–Trinajstić information content (AvgIpc) is 3.37. The van der Waals surface area contributed by atoms with E-state index in [1.807, 2.05) is 31.2 Å². The molecular formula is C24H32N4O4S. The second-order valence-corrected chi connectivity index (χ2v) is 12.4. The highest BCUT2D eigenvalue weighted by Gasteiger charge is 2.65. The Morgan fingerprint density at radius 1 is 1.12 bits per heavy atom. The van der Waals surface area contributed by atoms with Gasteiger partial charge >= 0.3 is 0 Å². The summed E-state index contributed by atoms with van der Waals surface area (Å²) in [6, 6.07) is 7.96. The Labute approximate surface area is 195 Å². The molecule has 2 heterocycles. The van der Waals surface area contributed by atoms with Gasteiger partial charge in [-0.2, -0.15) is 9.29 Å². The lowest BCUT2D eigenvalue weighted by molar-refractivity contribution is -0.128. The number of Topliss-reactive ketones (excluding diaryl/α,β-unsaturated/α-hetero) is 1. The third-order valence-corrected chi connectivity index (χ3v) is 10.4. The maximum absolute atomic E-state index is 13.3. The summed E-state index contributed by atoms with van der Waals surface area (Å²) in [4.78, 5) is 19.4. The largest absolute Gasteiger partial charge is 0.338 e. The number of nitrogens with zero attached hydrogens (tertiary/aromatic N) is 4. The van der Waals surface area contributed by atoms with Crippen LogP contribution >= 0.6 is 0 Å². The predicted octanol–water partition coefficient (Wildman–Crippen LogP) is 2.89. The van der Waals surface area contributed by atoms with Crippen molar-refractivity contribution in [1.29, 1.82) is 0 Å². The molecule has 8 nitrogen and oxygen atoms in total. The van der Waals surface area contributed by atoms with E-state index in [2.05, 4.69) is 28.9 Å². The van der Waals surface area contributed by atoms with E-state index in [1.165, 1.54) is 5.56 Å². The number of aromatic nitrogens is 2. The van der Waals surface area contributed by atoms with Crippen LogP contribution < -0.4 is 0 Å². The van der Waals surface area contributed by atoms with Gasteiger partial charge in [0.1, 0.15) is 5.78 Å². The minimum atomic E-state index is -3.51. The molecule has 1 aromatic heterocycles. The first-order valence-corrected chi connectivity index (χ1v) is 13.3. The van der Waals surface area contributed by atoms with E-state index in [-0.39, 0.29) is 17.0 Å². The fourth-order valence-corrected chi connectivity index (χ4v) is 8.21. The van der Waals surface area contributed by atoms with Gasteiger partial charge in [-0.3, -0.25) is 9.69 Å². The van der Waals surface area contributed by atoms with Crippen LogP contribution in [-0.2, 0) is 21.4 Å². The van der Waals surface area contributed by atoms with Crippen LogP contribution in [-0.4, -0.2) is 65.5 Å². The molecule has 1 saturated heterocycles. The van der Waals surface area contributed by atoms with Crippen molar-refractivity contribution in [3.05, 3.63) is 35.7 Å². The van der Waals surface area contributed by atoms with Crippen molar-refractivity contribution < 1.29 is 17.7 Å². The molecule has 1 aliphatic heterocycles. The molecule has 1 aromatic carbocycles. The summed E-state index contributed by atoms with van der Waals surface area (Å²) in [6.07, 6.45) is 2.19.